The van der Waals surface area contributed by atoms with E-state index in [1.54, 1.807) is 0 Å². The maximum atomic E-state index is 6.20. The lowest BCUT2D eigenvalue weighted by Crippen LogP contribution is -2.09. The molecule has 1 saturated carbocycles. The zero-order chi connectivity index (χ0) is 12.7. The first-order valence-corrected chi connectivity index (χ1v) is 8.19. The van der Waals surface area contributed by atoms with E-state index in [0.29, 0.717) is 15.3 Å². The number of hydrogen-bond acceptors (Lipinski definition) is 3. The van der Waals surface area contributed by atoms with E-state index in [9.17, 15) is 0 Å². The first-order valence-electron chi connectivity index (χ1n) is 5.77. The minimum Gasteiger partial charge on any atom is -0.334 e. The lowest BCUT2D eigenvalue weighted by atomic mass is 10.3. The molecule has 6 heteroatoms. The topological polar surface area (TPSA) is 24.4 Å². The minimum absolute atomic E-state index is 0.531. The summed E-state index contributed by atoms with van der Waals surface area (Å²) in [6, 6.07) is 3.79. The molecule has 1 atom stereocenters. The van der Waals surface area contributed by atoms with Crippen LogP contribution >= 0.6 is 50.9 Å². The molecule has 0 aromatic heterocycles. The quantitative estimate of drug-likeness (QED) is 0.741. The van der Waals surface area contributed by atoms with Gasteiger partial charge in [-0.05, 0) is 46.8 Å². The van der Waals surface area contributed by atoms with Crippen LogP contribution in [0.2, 0.25) is 10.0 Å². The first-order chi connectivity index (χ1) is 8.65. The van der Waals surface area contributed by atoms with Crippen molar-refractivity contribution in [2.75, 3.05) is 11.9 Å². The Morgan fingerprint density at radius 3 is 2.78 bits per heavy atom. The third kappa shape index (κ3) is 2.67. The highest BCUT2D eigenvalue weighted by Crippen LogP contribution is 2.43. The van der Waals surface area contributed by atoms with Gasteiger partial charge in [-0.3, -0.25) is 4.99 Å². The van der Waals surface area contributed by atoms with Crippen molar-refractivity contribution in [2.24, 2.45) is 10.9 Å². The van der Waals surface area contributed by atoms with Crippen LogP contribution in [0.15, 0.2) is 21.6 Å². The van der Waals surface area contributed by atoms with Crippen molar-refractivity contribution in [3.63, 3.8) is 0 Å². The second-order valence-electron chi connectivity index (χ2n) is 4.49. The molecular weight excluding hydrogens is 355 g/mol. The summed E-state index contributed by atoms with van der Waals surface area (Å²) in [5.74, 6) is 0.863. The Kier molecular flexibility index (Phi) is 3.81. The van der Waals surface area contributed by atoms with E-state index in [4.69, 9.17) is 23.2 Å². The molecule has 2 nitrogen and oxygen atoms in total. The zero-order valence-electron chi connectivity index (χ0n) is 9.42. The molecule has 1 N–H and O–H groups in total. The molecule has 0 saturated heterocycles. The van der Waals surface area contributed by atoms with E-state index in [1.165, 1.54) is 12.8 Å². The van der Waals surface area contributed by atoms with E-state index in [0.717, 1.165) is 27.8 Å². The van der Waals surface area contributed by atoms with Crippen LogP contribution in [0, 0.1) is 5.92 Å². The molecule has 0 amide bonds. The van der Waals surface area contributed by atoms with Crippen LogP contribution in [0.25, 0.3) is 0 Å². The number of amidine groups is 1. The van der Waals surface area contributed by atoms with E-state index in [1.807, 2.05) is 23.9 Å². The average molecular weight is 366 g/mol. The normalized spacial score (nSPS) is 23.1. The smallest absolute Gasteiger partial charge is 0.161 e. The van der Waals surface area contributed by atoms with E-state index < -0.39 is 0 Å². The van der Waals surface area contributed by atoms with Crippen molar-refractivity contribution in [1.82, 2.24) is 0 Å². The van der Waals surface area contributed by atoms with Crippen LogP contribution in [0.4, 0.5) is 5.69 Å². The van der Waals surface area contributed by atoms with Crippen molar-refractivity contribution in [3.05, 3.63) is 26.7 Å². The first kappa shape index (κ1) is 13.1. The SMILES string of the molecule is Clc1c(Br)ccc(NC2=NCC(C3CC3)S2)c1Cl. The number of thioether (sulfide) groups is 1. The van der Waals surface area contributed by atoms with Gasteiger partial charge in [0.15, 0.2) is 5.17 Å². The molecule has 1 aromatic carbocycles. The summed E-state index contributed by atoms with van der Waals surface area (Å²) in [4.78, 5) is 4.52. The summed E-state index contributed by atoms with van der Waals surface area (Å²) in [5.41, 5.74) is 0.813. The van der Waals surface area contributed by atoms with Crippen LogP contribution in [0.1, 0.15) is 12.8 Å². The predicted octanol–water partition coefficient (Wildman–Crippen LogP) is 5.05. The number of benzene rings is 1. The largest absolute Gasteiger partial charge is 0.334 e. The molecule has 0 spiro atoms. The number of halogens is 3. The predicted molar refractivity (Wildman–Crippen MR) is 84.2 cm³/mol. The van der Waals surface area contributed by atoms with Gasteiger partial charge >= 0.3 is 0 Å². The van der Waals surface area contributed by atoms with Crippen molar-refractivity contribution in [1.29, 1.82) is 0 Å². The average Bonchev–Trinajstić information content (AvgIpc) is 3.11. The van der Waals surface area contributed by atoms with Crippen LogP contribution in [-0.2, 0) is 0 Å². The lowest BCUT2D eigenvalue weighted by molar-refractivity contribution is 0.773. The molecule has 0 radical (unpaired) electrons. The molecule has 1 unspecified atom stereocenters. The van der Waals surface area contributed by atoms with Crippen molar-refractivity contribution in [2.45, 2.75) is 18.1 Å². The van der Waals surface area contributed by atoms with E-state index in [-0.39, 0.29) is 0 Å². The second-order valence-corrected chi connectivity index (χ2v) is 7.33. The van der Waals surface area contributed by atoms with Gasteiger partial charge in [-0.2, -0.15) is 0 Å². The molecule has 1 aromatic rings. The van der Waals surface area contributed by atoms with Crippen LogP contribution < -0.4 is 5.32 Å². The fraction of sp³-hybridized carbons (Fsp3) is 0.417. The summed E-state index contributed by atoms with van der Waals surface area (Å²) in [7, 11) is 0. The molecule has 3 rings (SSSR count). The molecule has 1 heterocycles. The second kappa shape index (κ2) is 5.23. The summed E-state index contributed by atoms with van der Waals surface area (Å²) in [6.45, 7) is 0.916. The number of nitrogens with zero attached hydrogens (tertiary/aromatic N) is 1. The van der Waals surface area contributed by atoms with Gasteiger partial charge in [-0.1, -0.05) is 35.0 Å². The number of anilines is 1. The fourth-order valence-electron chi connectivity index (χ4n) is 1.91. The van der Waals surface area contributed by atoms with Gasteiger partial charge in [0.2, 0.25) is 0 Å². The Morgan fingerprint density at radius 1 is 1.28 bits per heavy atom. The van der Waals surface area contributed by atoms with E-state index in [2.05, 4.69) is 26.2 Å². The number of nitrogens with one attached hydrogen (secondary N) is 1. The molecule has 1 fully saturated rings. The summed E-state index contributed by atoms with van der Waals surface area (Å²) in [5, 5.41) is 5.93. The standard InChI is InChI=1S/C12H11BrCl2N2S/c13-7-3-4-8(11(15)10(7)14)17-12-16-5-9(18-12)6-1-2-6/h3-4,6,9H,1-2,5H2,(H,16,17). The van der Waals surface area contributed by atoms with Gasteiger partial charge in [0.05, 0.1) is 22.3 Å². The molecule has 1 aliphatic heterocycles. The van der Waals surface area contributed by atoms with Gasteiger partial charge in [0.1, 0.15) is 0 Å². The van der Waals surface area contributed by atoms with Gasteiger partial charge in [0.25, 0.3) is 0 Å². The Morgan fingerprint density at radius 2 is 2.06 bits per heavy atom. The maximum absolute atomic E-state index is 6.20. The molecule has 18 heavy (non-hydrogen) atoms. The summed E-state index contributed by atoms with van der Waals surface area (Å²) >= 11 is 17.5. The highest BCUT2D eigenvalue weighted by Gasteiger charge is 2.35. The highest BCUT2D eigenvalue weighted by molar-refractivity contribution is 9.10. The number of aliphatic imine (C=N–C) groups is 1. The lowest BCUT2D eigenvalue weighted by Gasteiger charge is -2.10. The summed E-state index contributed by atoms with van der Waals surface area (Å²) < 4.78 is 0.802. The Labute approximate surface area is 129 Å². The minimum atomic E-state index is 0.531. The van der Waals surface area contributed by atoms with Crippen LogP contribution in [0.3, 0.4) is 0 Å². The Bertz CT molecular complexity index is 517. The molecule has 2 aliphatic rings. The third-order valence-corrected chi connectivity index (χ3v) is 6.16. The van der Waals surface area contributed by atoms with Crippen molar-refractivity contribution >= 4 is 61.7 Å². The number of rotatable bonds is 2. The monoisotopic (exact) mass is 364 g/mol. The molecule has 0 bridgehead atoms. The van der Waals surface area contributed by atoms with E-state index >= 15 is 0 Å². The van der Waals surface area contributed by atoms with Gasteiger partial charge in [-0.25, -0.2) is 0 Å². The third-order valence-electron chi connectivity index (χ3n) is 3.10. The van der Waals surface area contributed by atoms with Crippen LogP contribution in [0.5, 0.6) is 0 Å². The summed E-state index contributed by atoms with van der Waals surface area (Å²) in [6.07, 6.45) is 2.71. The molecule has 96 valence electrons. The molecule has 1 aliphatic carbocycles. The Hall–Kier alpha value is 0.1000. The van der Waals surface area contributed by atoms with Crippen molar-refractivity contribution < 1.29 is 0 Å². The zero-order valence-corrected chi connectivity index (χ0v) is 13.3. The van der Waals surface area contributed by atoms with Crippen LogP contribution in [-0.4, -0.2) is 17.0 Å². The van der Waals surface area contributed by atoms with Gasteiger partial charge < -0.3 is 5.32 Å². The maximum Gasteiger partial charge on any atom is 0.161 e. The highest BCUT2D eigenvalue weighted by atomic mass is 79.9. The van der Waals surface area contributed by atoms with Crippen molar-refractivity contribution in [3.8, 4) is 0 Å². The molecular formula is C12H11BrCl2N2S. The van der Waals surface area contributed by atoms with Gasteiger partial charge in [-0.15, -0.1) is 0 Å². The van der Waals surface area contributed by atoms with Gasteiger partial charge in [0, 0.05) is 9.72 Å². The Balaban J connectivity index is 1.71. The fourth-order valence-corrected chi connectivity index (χ4v) is 3.95. The number of hydrogen-bond donors (Lipinski definition) is 1.